The third-order valence-electron chi connectivity index (χ3n) is 4.81. The van der Waals surface area contributed by atoms with Crippen molar-refractivity contribution in [3.8, 4) is 0 Å². The summed E-state index contributed by atoms with van der Waals surface area (Å²) in [5.74, 6) is 0.0886. The fourth-order valence-electron chi connectivity index (χ4n) is 3.13. The molecule has 10 heteroatoms. The molecule has 3 rings (SSSR count). The molecule has 0 aliphatic carbocycles. The summed E-state index contributed by atoms with van der Waals surface area (Å²) in [6, 6.07) is 8.22. The maximum Gasteiger partial charge on any atom is 0.281 e. The van der Waals surface area contributed by atoms with Gasteiger partial charge in [-0.05, 0) is 42.5 Å². The Hall–Kier alpha value is -2.56. The van der Waals surface area contributed by atoms with Crippen LogP contribution < -0.4 is 11.0 Å². The summed E-state index contributed by atoms with van der Waals surface area (Å²) in [7, 11) is -3.50. The Labute approximate surface area is 179 Å². The molecule has 0 unspecified atom stereocenters. The number of aryl methyl sites for hydroxylation is 2. The first-order valence-electron chi connectivity index (χ1n) is 9.63. The zero-order valence-electron chi connectivity index (χ0n) is 17.1. The quantitative estimate of drug-likeness (QED) is 0.571. The fourth-order valence-corrected chi connectivity index (χ4v) is 5.38. The van der Waals surface area contributed by atoms with Crippen molar-refractivity contribution < 1.29 is 13.2 Å². The Morgan fingerprint density at radius 1 is 1.17 bits per heavy atom. The third-order valence-corrected chi connectivity index (χ3v) is 7.68. The number of rotatable bonds is 8. The molecule has 8 nitrogen and oxygen atoms in total. The van der Waals surface area contributed by atoms with Gasteiger partial charge in [-0.25, -0.2) is 18.1 Å². The van der Waals surface area contributed by atoms with Gasteiger partial charge in [0.25, 0.3) is 5.56 Å². The SMILES string of the molecule is CCN(CC)S(=O)(=O)c1ccc(CCC(=O)Nn2c(C)nc3sccc3c2=O)cc1. The van der Waals surface area contributed by atoms with Crippen molar-refractivity contribution in [2.24, 2.45) is 0 Å². The summed E-state index contributed by atoms with van der Waals surface area (Å²) in [5, 5.41) is 2.25. The smallest absolute Gasteiger partial charge is 0.273 e. The van der Waals surface area contributed by atoms with E-state index in [1.54, 1.807) is 56.5 Å². The first-order valence-corrected chi connectivity index (χ1v) is 12.0. The molecule has 2 heterocycles. The van der Waals surface area contributed by atoms with Crippen molar-refractivity contribution in [2.45, 2.75) is 38.5 Å². The lowest BCUT2D eigenvalue weighted by molar-refractivity contribution is -0.117. The van der Waals surface area contributed by atoms with Crippen LogP contribution in [0.25, 0.3) is 10.2 Å². The molecule has 0 bridgehead atoms. The van der Waals surface area contributed by atoms with Gasteiger partial charge in [0.1, 0.15) is 10.7 Å². The number of nitrogens with one attached hydrogen (secondary N) is 1. The first-order chi connectivity index (χ1) is 14.3. The van der Waals surface area contributed by atoms with Crippen molar-refractivity contribution in [1.82, 2.24) is 14.0 Å². The lowest BCUT2D eigenvalue weighted by Crippen LogP contribution is -2.35. The average Bonchev–Trinajstić information content (AvgIpc) is 3.19. The zero-order valence-corrected chi connectivity index (χ0v) is 18.7. The van der Waals surface area contributed by atoms with Gasteiger partial charge in [-0.1, -0.05) is 26.0 Å². The molecule has 0 radical (unpaired) electrons. The molecule has 2 aromatic heterocycles. The van der Waals surface area contributed by atoms with Gasteiger partial charge >= 0.3 is 0 Å². The maximum atomic E-state index is 12.5. The number of hydrogen-bond acceptors (Lipinski definition) is 6. The minimum atomic E-state index is -3.50. The second-order valence-corrected chi connectivity index (χ2v) is 9.54. The van der Waals surface area contributed by atoms with Crippen molar-refractivity contribution in [1.29, 1.82) is 0 Å². The van der Waals surface area contributed by atoms with Crippen molar-refractivity contribution in [3.63, 3.8) is 0 Å². The highest BCUT2D eigenvalue weighted by Gasteiger charge is 2.21. The molecular formula is C20H24N4O4S2. The lowest BCUT2D eigenvalue weighted by atomic mass is 10.1. The summed E-state index contributed by atoms with van der Waals surface area (Å²) < 4.78 is 27.6. The molecule has 0 aliphatic rings. The van der Waals surface area contributed by atoms with E-state index >= 15 is 0 Å². The molecule has 1 aromatic carbocycles. The average molecular weight is 449 g/mol. The van der Waals surface area contributed by atoms with Crippen LogP contribution in [-0.2, 0) is 21.2 Å². The molecule has 0 spiro atoms. The second kappa shape index (κ2) is 9.07. The summed E-state index contributed by atoms with van der Waals surface area (Å²) >= 11 is 1.38. The topological polar surface area (TPSA) is 101 Å². The molecule has 0 saturated carbocycles. The molecule has 30 heavy (non-hydrogen) atoms. The fraction of sp³-hybridized carbons (Fsp3) is 0.350. The molecule has 0 fully saturated rings. The Morgan fingerprint density at radius 3 is 2.47 bits per heavy atom. The Bertz CT molecular complexity index is 1210. The number of hydrogen-bond donors (Lipinski definition) is 1. The van der Waals surface area contributed by atoms with E-state index in [-0.39, 0.29) is 22.8 Å². The van der Waals surface area contributed by atoms with Crippen molar-refractivity contribution >= 4 is 37.5 Å². The monoisotopic (exact) mass is 448 g/mol. The van der Waals surface area contributed by atoms with Gasteiger partial charge in [-0.15, -0.1) is 11.3 Å². The van der Waals surface area contributed by atoms with Crippen molar-refractivity contribution in [3.05, 3.63) is 57.5 Å². The van der Waals surface area contributed by atoms with Gasteiger partial charge in [0.2, 0.25) is 15.9 Å². The number of aromatic nitrogens is 2. The summed E-state index contributed by atoms with van der Waals surface area (Å²) in [6.45, 7) is 6.08. The summed E-state index contributed by atoms with van der Waals surface area (Å²) in [5.41, 5.74) is 3.13. The van der Waals surface area contributed by atoms with Gasteiger partial charge in [0.05, 0.1) is 10.3 Å². The van der Waals surface area contributed by atoms with Gasteiger partial charge in [-0.2, -0.15) is 4.31 Å². The number of carbonyl (C=O) groups is 1. The van der Waals surface area contributed by atoms with Crippen LogP contribution in [0.5, 0.6) is 0 Å². The number of carbonyl (C=O) groups excluding carboxylic acids is 1. The molecular weight excluding hydrogens is 424 g/mol. The Kier molecular flexibility index (Phi) is 6.69. The number of benzene rings is 1. The molecule has 160 valence electrons. The number of nitrogens with zero attached hydrogens (tertiary/aromatic N) is 3. The van der Waals surface area contributed by atoms with Crippen LogP contribution in [0.4, 0.5) is 0 Å². The summed E-state index contributed by atoms with van der Waals surface area (Å²) in [4.78, 5) is 30.1. The zero-order chi connectivity index (χ0) is 21.9. The van der Waals surface area contributed by atoms with E-state index in [4.69, 9.17) is 0 Å². The number of fused-ring (bicyclic) bond motifs is 1. The minimum Gasteiger partial charge on any atom is -0.273 e. The highest BCUT2D eigenvalue weighted by atomic mass is 32.2. The largest absolute Gasteiger partial charge is 0.281 e. The van der Waals surface area contributed by atoms with Gasteiger partial charge in [0.15, 0.2) is 0 Å². The number of sulfonamides is 1. The van der Waals surface area contributed by atoms with E-state index < -0.39 is 10.0 Å². The molecule has 0 atom stereocenters. The predicted molar refractivity (Wildman–Crippen MR) is 118 cm³/mol. The van der Waals surface area contributed by atoms with E-state index in [9.17, 15) is 18.0 Å². The maximum absolute atomic E-state index is 12.5. The van der Waals surface area contributed by atoms with Crippen molar-refractivity contribution in [2.75, 3.05) is 18.5 Å². The molecule has 3 aromatic rings. The first kappa shape index (κ1) is 22.1. The highest BCUT2D eigenvalue weighted by molar-refractivity contribution is 7.89. The Morgan fingerprint density at radius 2 is 1.83 bits per heavy atom. The van der Waals surface area contributed by atoms with Crippen LogP contribution in [-0.4, -0.2) is 41.4 Å². The molecule has 1 amide bonds. The normalized spacial score (nSPS) is 11.9. The van der Waals surface area contributed by atoms with Gasteiger partial charge in [0, 0.05) is 19.5 Å². The van der Waals surface area contributed by atoms with E-state index in [2.05, 4.69) is 10.4 Å². The highest BCUT2D eigenvalue weighted by Crippen LogP contribution is 2.17. The lowest BCUT2D eigenvalue weighted by Gasteiger charge is -2.18. The summed E-state index contributed by atoms with van der Waals surface area (Å²) in [6.07, 6.45) is 0.565. The number of thiophene rings is 1. The van der Waals surface area contributed by atoms with Gasteiger partial charge < -0.3 is 0 Å². The van der Waals surface area contributed by atoms with Crippen LogP contribution in [0.2, 0.25) is 0 Å². The third kappa shape index (κ3) is 4.45. The second-order valence-electron chi connectivity index (χ2n) is 6.71. The van der Waals surface area contributed by atoms with Crippen LogP contribution in [0, 0.1) is 6.92 Å². The number of amides is 1. The molecule has 0 saturated heterocycles. The van der Waals surface area contributed by atoms with E-state index in [0.29, 0.717) is 35.6 Å². The van der Waals surface area contributed by atoms with Gasteiger partial charge in [-0.3, -0.25) is 15.0 Å². The standard InChI is InChI=1S/C20H24N4O4S2/c1-4-23(5-2)30(27,28)16-9-6-15(7-10-16)8-11-18(25)22-24-14(3)21-19-17(20(24)26)12-13-29-19/h6-7,9-10,12-13H,4-5,8,11H2,1-3H3,(H,22,25). The Balaban J connectivity index is 1.66. The van der Waals surface area contributed by atoms with E-state index in [1.807, 2.05) is 0 Å². The molecule has 0 aliphatic heterocycles. The van der Waals surface area contributed by atoms with Crippen LogP contribution in [0.1, 0.15) is 31.7 Å². The van der Waals surface area contributed by atoms with Crippen LogP contribution >= 0.6 is 11.3 Å². The van der Waals surface area contributed by atoms with Crippen LogP contribution in [0.3, 0.4) is 0 Å². The van der Waals surface area contributed by atoms with E-state index in [0.717, 1.165) is 10.2 Å². The van der Waals surface area contributed by atoms with Crippen LogP contribution in [0.15, 0.2) is 45.4 Å². The predicted octanol–water partition coefficient (Wildman–Crippen LogP) is 2.50. The minimum absolute atomic E-state index is 0.149. The molecule has 1 N–H and O–H groups in total. The van der Waals surface area contributed by atoms with E-state index in [1.165, 1.54) is 15.6 Å².